The fraction of sp³-hybridized carbons (Fsp3) is 0.533. The SMILES string of the molecule is C=CCCC(NC(=O)C(C)NS(=O)(=O)c1c(C)nn(C)c1C)C(=O)O. The average Bonchev–Trinajstić information content (AvgIpc) is 2.75. The molecule has 10 heteroatoms. The summed E-state index contributed by atoms with van der Waals surface area (Å²) in [5.74, 6) is -1.91. The van der Waals surface area contributed by atoms with Crippen LogP contribution in [0.4, 0.5) is 0 Å². The molecule has 25 heavy (non-hydrogen) atoms. The molecule has 0 radical (unpaired) electrons. The number of amides is 1. The predicted octanol–water partition coefficient (Wildman–Crippen LogP) is 0.239. The summed E-state index contributed by atoms with van der Waals surface area (Å²) < 4.78 is 28.7. The summed E-state index contributed by atoms with van der Waals surface area (Å²) in [7, 11) is -2.36. The monoisotopic (exact) mass is 372 g/mol. The number of carboxylic acid groups (broad SMARTS) is 1. The van der Waals surface area contributed by atoms with E-state index < -0.39 is 34.0 Å². The number of carboxylic acids is 1. The first-order chi connectivity index (χ1) is 11.5. The van der Waals surface area contributed by atoms with E-state index in [2.05, 4.69) is 21.7 Å². The van der Waals surface area contributed by atoms with Crippen LogP contribution >= 0.6 is 0 Å². The summed E-state index contributed by atoms with van der Waals surface area (Å²) in [6, 6.07) is -2.26. The third-order valence-corrected chi connectivity index (χ3v) is 5.50. The lowest BCUT2D eigenvalue weighted by Crippen LogP contribution is -2.50. The number of carbonyl (C=O) groups excluding carboxylic acids is 1. The Labute approximate surface area is 147 Å². The molecule has 1 amide bonds. The van der Waals surface area contributed by atoms with Gasteiger partial charge in [-0.05, 0) is 33.6 Å². The number of aromatic nitrogens is 2. The van der Waals surface area contributed by atoms with Crippen molar-refractivity contribution in [2.24, 2.45) is 7.05 Å². The number of allylic oxidation sites excluding steroid dienone is 1. The smallest absolute Gasteiger partial charge is 0.326 e. The summed E-state index contributed by atoms with van der Waals surface area (Å²) >= 11 is 0. The second-order valence-corrected chi connectivity index (χ2v) is 7.38. The molecule has 140 valence electrons. The van der Waals surface area contributed by atoms with Crippen LogP contribution in [0.3, 0.4) is 0 Å². The maximum absolute atomic E-state index is 12.5. The molecule has 2 unspecified atom stereocenters. The van der Waals surface area contributed by atoms with Crippen molar-refractivity contribution < 1.29 is 23.1 Å². The lowest BCUT2D eigenvalue weighted by Gasteiger charge is -2.18. The number of hydrogen-bond acceptors (Lipinski definition) is 5. The lowest BCUT2D eigenvalue weighted by atomic mass is 10.1. The van der Waals surface area contributed by atoms with E-state index in [0.717, 1.165) is 0 Å². The van der Waals surface area contributed by atoms with Crippen molar-refractivity contribution >= 4 is 21.9 Å². The van der Waals surface area contributed by atoms with Gasteiger partial charge in [-0.1, -0.05) is 6.08 Å². The molecule has 0 aliphatic heterocycles. The van der Waals surface area contributed by atoms with Gasteiger partial charge in [0.05, 0.1) is 17.4 Å². The van der Waals surface area contributed by atoms with Gasteiger partial charge in [0.1, 0.15) is 10.9 Å². The van der Waals surface area contributed by atoms with Gasteiger partial charge in [0.25, 0.3) is 0 Å². The second kappa shape index (κ2) is 8.26. The molecule has 0 aromatic carbocycles. The van der Waals surface area contributed by atoms with Crippen LogP contribution in [0.5, 0.6) is 0 Å². The minimum absolute atomic E-state index is 0.0103. The number of rotatable bonds is 9. The maximum atomic E-state index is 12.5. The van der Waals surface area contributed by atoms with Crippen LogP contribution < -0.4 is 10.0 Å². The standard InChI is InChI=1S/C15H24N4O5S/c1-6-7-8-12(15(21)22)16-14(20)10(3)18-25(23,24)13-9(2)17-19(5)11(13)4/h6,10,12,18H,1,7-8H2,2-5H3,(H,16,20)(H,21,22). The highest BCUT2D eigenvalue weighted by molar-refractivity contribution is 7.89. The van der Waals surface area contributed by atoms with Crippen LogP contribution in [0.2, 0.25) is 0 Å². The van der Waals surface area contributed by atoms with E-state index in [1.807, 2.05) is 0 Å². The third kappa shape index (κ3) is 5.13. The average molecular weight is 372 g/mol. The van der Waals surface area contributed by atoms with Crippen LogP contribution in [-0.2, 0) is 26.7 Å². The van der Waals surface area contributed by atoms with Crippen LogP contribution in [0.25, 0.3) is 0 Å². The summed E-state index contributed by atoms with van der Waals surface area (Å²) in [6.07, 6.45) is 2.12. The molecule has 9 nitrogen and oxygen atoms in total. The van der Waals surface area contributed by atoms with Gasteiger partial charge in [-0.3, -0.25) is 9.48 Å². The van der Waals surface area contributed by atoms with E-state index in [4.69, 9.17) is 5.11 Å². The molecule has 0 saturated heterocycles. The molecule has 1 rings (SSSR count). The molecule has 0 spiro atoms. The second-order valence-electron chi connectivity index (χ2n) is 5.73. The van der Waals surface area contributed by atoms with Gasteiger partial charge >= 0.3 is 5.97 Å². The Hall–Kier alpha value is -2.20. The van der Waals surface area contributed by atoms with Crippen LogP contribution in [0, 0.1) is 13.8 Å². The van der Waals surface area contributed by atoms with Crippen LogP contribution in [0.1, 0.15) is 31.2 Å². The van der Waals surface area contributed by atoms with E-state index in [0.29, 0.717) is 17.8 Å². The Kier molecular flexibility index (Phi) is 6.88. The molecular weight excluding hydrogens is 348 g/mol. The summed E-state index contributed by atoms with van der Waals surface area (Å²) in [6.45, 7) is 8.01. The molecule has 1 aromatic rings. The zero-order valence-corrected chi connectivity index (χ0v) is 15.6. The fourth-order valence-corrected chi connectivity index (χ4v) is 3.97. The Balaban J connectivity index is 2.89. The first kappa shape index (κ1) is 20.8. The minimum atomic E-state index is -3.98. The minimum Gasteiger partial charge on any atom is -0.480 e. The zero-order chi connectivity index (χ0) is 19.4. The van der Waals surface area contributed by atoms with Crippen molar-refractivity contribution in [3.8, 4) is 0 Å². The summed E-state index contributed by atoms with van der Waals surface area (Å²) in [4.78, 5) is 23.3. The van der Waals surface area contributed by atoms with Crippen molar-refractivity contribution in [3.05, 3.63) is 24.0 Å². The number of aliphatic carboxylic acids is 1. The molecular formula is C15H24N4O5S. The van der Waals surface area contributed by atoms with Crippen molar-refractivity contribution in [3.63, 3.8) is 0 Å². The van der Waals surface area contributed by atoms with Gasteiger partial charge in [0, 0.05) is 7.05 Å². The van der Waals surface area contributed by atoms with E-state index in [9.17, 15) is 18.0 Å². The molecule has 0 aliphatic carbocycles. The van der Waals surface area contributed by atoms with E-state index in [1.54, 1.807) is 27.0 Å². The first-order valence-corrected chi connectivity index (χ1v) is 9.16. The highest BCUT2D eigenvalue weighted by Gasteiger charge is 2.29. The zero-order valence-electron chi connectivity index (χ0n) is 14.7. The molecule has 1 heterocycles. The van der Waals surface area contributed by atoms with Crippen LogP contribution in [0.15, 0.2) is 17.6 Å². The molecule has 0 aliphatic rings. The van der Waals surface area contributed by atoms with Gasteiger partial charge in [-0.15, -0.1) is 6.58 Å². The number of sulfonamides is 1. The van der Waals surface area contributed by atoms with Gasteiger partial charge in [0.2, 0.25) is 15.9 Å². The van der Waals surface area contributed by atoms with Crippen molar-refractivity contribution in [2.45, 2.75) is 50.6 Å². The Bertz CT molecular complexity index is 769. The Morgan fingerprint density at radius 3 is 2.44 bits per heavy atom. The van der Waals surface area contributed by atoms with Gasteiger partial charge < -0.3 is 10.4 Å². The topological polar surface area (TPSA) is 130 Å². The van der Waals surface area contributed by atoms with E-state index in [-0.39, 0.29) is 11.3 Å². The quantitative estimate of drug-likeness (QED) is 0.532. The van der Waals surface area contributed by atoms with E-state index in [1.165, 1.54) is 11.6 Å². The summed E-state index contributed by atoms with van der Waals surface area (Å²) in [5, 5.41) is 15.5. The number of nitrogens with one attached hydrogen (secondary N) is 2. The fourth-order valence-electron chi connectivity index (χ4n) is 2.33. The summed E-state index contributed by atoms with van der Waals surface area (Å²) in [5.41, 5.74) is 0.751. The van der Waals surface area contributed by atoms with Crippen molar-refractivity contribution in [1.82, 2.24) is 19.8 Å². The number of hydrogen-bond donors (Lipinski definition) is 3. The number of nitrogens with zero attached hydrogens (tertiary/aromatic N) is 2. The highest BCUT2D eigenvalue weighted by atomic mass is 32.2. The predicted molar refractivity (Wildman–Crippen MR) is 91.5 cm³/mol. The number of carbonyl (C=O) groups is 2. The highest BCUT2D eigenvalue weighted by Crippen LogP contribution is 2.18. The molecule has 2 atom stereocenters. The lowest BCUT2D eigenvalue weighted by molar-refractivity contribution is -0.142. The molecule has 0 bridgehead atoms. The third-order valence-electron chi connectivity index (χ3n) is 3.71. The van der Waals surface area contributed by atoms with Crippen LogP contribution in [-0.4, -0.2) is 47.3 Å². The van der Waals surface area contributed by atoms with Gasteiger partial charge in [-0.2, -0.15) is 9.82 Å². The maximum Gasteiger partial charge on any atom is 0.326 e. The van der Waals surface area contributed by atoms with Gasteiger partial charge in [-0.25, -0.2) is 13.2 Å². The van der Waals surface area contributed by atoms with Crippen molar-refractivity contribution in [2.75, 3.05) is 0 Å². The largest absolute Gasteiger partial charge is 0.480 e. The molecule has 3 N–H and O–H groups in total. The van der Waals surface area contributed by atoms with E-state index >= 15 is 0 Å². The molecule has 0 saturated carbocycles. The van der Waals surface area contributed by atoms with Crippen molar-refractivity contribution in [1.29, 1.82) is 0 Å². The number of aryl methyl sites for hydroxylation is 2. The Morgan fingerprint density at radius 1 is 1.40 bits per heavy atom. The molecule has 0 fully saturated rings. The Morgan fingerprint density at radius 2 is 2.00 bits per heavy atom. The molecule has 1 aromatic heterocycles. The normalized spacial score (nSPS) is 13.9. The first-order valence-electron chi connectivity index (χ1n) is 7.67. The van der Waals surface area contributed by atoms with Gasteiger partial charge in [0.15, 0.2) is 0 Å².